The molecule has 1 aromatic heterocycles. The monoisotopic (exact) mass is 184 g/mol. The number of methoxy groups -OCH3 is 1. The molecule has 0 aliphatic heterocycles. The second-order valence-corrected chi connectivity index (χ2v) is 2.62. The Kier molecular flexibility index (Phi) is 4.18. The number of pyridine rings is 1. The van der Waals surface area contributed by atoms with E-state index >= 15 is 0 Å². The van der Waals surface area contributed by atoms with Gasteiger partial charge in [0.15, 0.2) is 0 Å². The van der Waals surface area contributed by atoms with Gasteiger partial charge in [0.1, 0.15) is 5.82 Å². The molecule has 3 nitrogen and oxygen atoms in total. The normalized spacial score (nSPS) is 10.0. The van der Waals surface area contributed by atoms with Crippen LogP contribution in [0.25, 0.3) is 0 Å². The van der Waals surface area contributed by atoms with Crippen molar-refractivity contribution in [1.82, 2.24) is 4.98 Å². The van der Waals surface area contributed by atoms with E-state index in [0.29, 0.717) is 12.4 Å². The van der Waals surface area contributed by atoms with Crippen molar-refractivity contribution < 1.29 is 9.13 Å². The van der Waals surface area contributed by atoms with Crippen molar-refractivity contribution in [2.45, 2.75) is 6.42 Å². The summed E-state index contributed by atoms with van der Waals surface area (Å²) in [6.45, 7) is 1.44. The van der Waals surface area contributed by atoms with Crippen molar-refractivity contribution in [3.8, 4) is 0 Å². The molecule has 0 aromatic carbocycles. The van der Waals surface area contributed by atoms with E-state index < -0.39 is 5.95 Å². The Labute approximate surface area is 76.9 Å². The summed E-state index contributed by atoms with van der Waals surface area (Å²) in [5, 5.41) is 2.99. The van der Waals surface area contributed by atoms with Gasteiger partial charge < -0.3 is 10.1 Å². The predicted molar refractivity (Wildman–Crippen MR) is 49.2 cm³/mol. The Morgan fingerprint density at radius 1 is 1.54 bits per heavy atom. The van der Waals surface area contributed by atoms with Gasteiger partial charge >= 0.3 is 0 Å². The van der Waals surface area contributed by atoms with Crippen LogP contribution in [0.2, 0.25) is 0 Å². The lowest BCUT2D eigenvalue weighted by Crippen LogP contribution is -2.06. The van der Waals surface area contributed by atoms with Crippen LogP contribution in [0.3, 0.4) is 0 Å². The van der Waals surface area contributed by atoms with Gasteiger partial charge in [-0.2, -0.15) is 4.39 Å². The smallest absolute Gasteiger partial charge is 0.214 e. The second-order valence-electron chi connectivity index (χ2n) is 2.62. The predicted octanol–water partition coefficient (Wildman–Crippen LogP) is 1.67. The molecule has 1 aromatic rings. The molecule has 1 heterocycles. The number of hydrogen-bond donors (Lipinski definition) is 1. The average molecular weight is 184 g/mol. The molecular formula is C9H13FN2O. The van der Waals surface area contributed by atoms with Crippen LogP contribution in [0, 0.1) is 5.95 Å². The maximum Gasteiger partial charge on any atom is 0.214 e. The number of nitrogens with zero attached hydrogens (tertiary/aromatic N) is 1. The zero-order valence-corrected chi connectivity index (χ0v) is 7.59. The fourth-order valence-electron chi connectivity index (χ4n) is 0.940. The summed E-state index contributed by atoms with van der Waals surface area (Å²) in [5.41, 5.74) is 0. The zero-order valence-electron chi connectivity index (χ0n) is 7.59. The first-order valence-electron chi connectivity index (χ1n) is 4.18. The molecule has 1 N–H and O–H groups in total. The third-order valence-corrected chi connectivity index (χ3v) is 1.55. The van der Waals surface area contributed by atoms with Gasteiger partial charge in [0.05, 0.1) is 0 Å². The number of ether oxygens (including phenoxy) is 1. The molecule has 0 unspecified atom stereocenters. The summed E-state index contributed by atoms with van der Waals surface area (Å²) < 4.78 is 17.4. The molecule has 4 heteroatoms. The van der Waals surface area contributed by atoms with Crippen LogP contribution >= 0.6 is 0 Å². The van der Waals surface area contributed by atoms with Gasteiger partial charge in [0, 0.05) is 20.3 Å². The summed E-state index contributed by atoms with van der Waals surface area (Å²) in [6, 6.07) is 4.68. The summed E-state index contributed by atoms with van der Waals surface area (Å²) in [6.07, 6.45) is 0.884. The Bertz CT molecular complexity index is 255. The minimum Gasteiger partial charge on any atom is -0.385 e. The third-order valence-electron chi connectivity index (χ3n) is 1.55. The van der Waals surface area contributed by atoms with Crippen molar-refractivity contribution in [3.05, 3.63) is 24.1 Å². The zero-order chi connectivity index (χ0) is 9.52. The molecule has 72 valence electrons. The Morgan fingerprint density at radius 3 is 3.08 bits per heavy atom. The minimum atomic E-state index is -0.461. The van der Waals surface area contributed by atoms with E-state index in [1.54, 1.807) is 19.2 Å². The quantitative estimate of drug-likeness (QED) is 0.558. The lowest BCUT2D eigenvalue weighted by Gasteiger charge is -2.03. The van der Waals surface area contributed by atoms with Crippen molar-refractivity contribution in [1.29, 1.82) is 0 Å². The highest BCUT2D eigenvalue weighted by molar-refractivity contribution is 5.33. The van der Waals surface area contributed by atoms with Gasteiger partial charge in [-0.1, -0.05) is 6.07 Å². The Hall–Kier alpha value is -1.16. The Balaban J connectivity index is 2.28. The van der Waals surface area contributed by atoms with Crippen LogP contribution < -0.4 is 5.32 Å². The highest BCUT2D eigenvalue weighted by Crippen LogP contribution is 2.02. The highest BCUT2D eigenvalue weighted by Gasteiger charge is 1.94. The van der Waals surface area contributed by atoms with Crippen molar-refractivity contribution in [3.63, 3.8) is 0 Å². The van der Waals surface area contributed by atoms with E-state index in [9.17, 15) is 4.39 Å². The van der Waals surface area contributed by atoms with E-state index in [2.05, 4.69) is 10.3 Å². The molecule has 1 rings (SSSR count). The summed E-state index contributed by atoms with van der Waals surface area (Å²) in [7, 11) is 1.65. The van der Waals surface area contributed by atoms with Crippen molar-refractivity contribution >= 4 is 5.82 Å². The Morgan fingerprint density at radius 2 is 2.38 bits per heavy atom. The van der Waals surface area contributed by atoms with Gasteiger partial charge in [0.25, 0.3) is 0 Å². The number of rotatable bonds is 5. The first kappa shape index (κ1) is 9.92. The molecule has 0 radical (unpaired) electrons. The number of nitrogens with one attached hydrogen (secondary N) is 1. The van der Waals surface area contributed by atoms with E-state index in [1.807, 2.05) is 0 Å². The number of anilines is 1. The molecule has 0 aliphatic carbocycles. The van der Waals surface area contributed by atoms with Gasteiger partial charge in [-0.25, -0.2) is 4.98 Å². The fraction of sp³-hybridized carbons (Fsp3) is 0.444. The molecule has 0 saturated carbocycles. The van der Waals surface area contributed by atoms with E-state index in [-0.39, 0.29) is 0 Å². The maximum atomic E-state index is 12.6. The van der Waals surface area contributed by atoms with Crippen LogP contribution in [-0.4, -0.2) is 25.2 Å². The first-order chi connectivity index (χ1) is 6.33. The molecule has 13 heavy (non-hydrogen) atoms. The molecule has 0 bridgehead atoms. The first-order valence-corrected chi connectivity index (χ1v) is 4.18. The maximum absolute atomic E-state index is 12.6. The van der Waals surface area contributed by atoms with E-state index in [1.165, 1.54) is 6.07 Å². The molecular weight excluding hydrogens is 171 g/mol. The number of hydrogen-bond acceptors (Lipinski definition) is 3. The fourth-order valence-corrected chi connectivity index (χ4v) is 0.940. The van der Waals surface area contributed by atoms with Crippen molar-refractivity contribution in [2.75, 3.05) is 25.6 Å². The minimum absolute atomic E-state index is 0.461. The lowest BCUT2D eigenvalue weighted by atomic mass is 10.4. The number of aromatic nitrogens is 1. The molecule has 0 fully saturated rings. The number of halogens is 1. The largest absolute Gasteiger partial charge is 0.385 e. The topological polar surface area (TPSA) is 34.1 Å². The molecule has 0 aliphatic rings. The van der Waals surface area contributed by atoms with Gasteiger partial charge in [-0.15, -0.1) is 0 Å². The molecule has 0 saturated heterocycles. The van der Waals surface area contributed by atoms with Crippen LogP contribution in [0.5, 0.6) is 0 Å². The van der Waals surface area contributed by atoms with Gasteiger partial charge in [0.2, 0.25) is 5.95 Å². The van der Waals surface area contributed by atoms with Crippen LogP contribution in [0.1, 0.15) is 6.42 Å². The lowest BCUT2D eigenvalue weighted by molar-refractivity contribution is 0.197. The van der Waals surface area contributed by atoms with Crippen molar-refractivity contribution in [2.24, 2.45) is 0 Å². The van der Waals surface area contributed by atoms with Crippen LogP contribution in [0.4, 0.5) is 10.2 Å². The standard InChI is InChI=1S/C9H13FN2O/c1-13-7-3-6-11-9-5-2-4-8(10)12-9/h2,4-5H,3,6-7H2,1H3,(H,11,12). The van der Waals surface area contributed by atoms with Gasteiger partial charge in [-0.05, 0) is 18.6 Å². The highest BCUT2D eigenvalue weighted by atomic mass is 19.1. The van der Waals surface area contributed by atoms with Gasteiger partial charge in [-0.3, -0.25) is 0 Å². The summed E-state index contributed by atoms with van der Waals surface area (Å²) >= 11 is 0. The SMILES string of the molecule is COCCCNc1cccc(F)n1. The molecule has 0 amide bonds. The molecule has 0 atom stereocenters. The van der Waals surface area contributed by atoms with E-state index in [0.717, 1.165) is 13.0 Å². The van der Waals surface area contributed by atoms with Crippen LogP contribution in [-0.2, 0) is 4.74 Å². The third kappa shape index (κ3) is 3.85. The second kappa shape index (κ2) is 5.48. The van der Waals surface area contributed by atoms with Crippen LogP contribution in [0.15, 0.2) is 18.2 Å². The average Bonchev–Trinajstić information content (AvgIpc) is 2.13. The molecule has 0 spiro atoms. The summed E-state index contributed by atoms with van der Waals surface area (Å²) in [5.74, 6) is 0.104. The summed E-state index contributed by atoms with van der Waals surface area (Å²) in [4.78, 5) is 3.65. The van der Waals surface area contributed by atoms with E-state index in [4.69, 9.17) is 4.74 Å².